The topological polar surface area (TPSA) is 91.0 Å². The van der Waals surface area contributed by atoms with Gasteiger partial charge in [0, 0.05) is 19.0 Å². The molecule has 1 fully saturated rings. The van der Waals surface area contributed by atoms with Gasteiger partial charge < -0.3 is 0 Å². The van der Waals surface area contributed by atoms with Crippen molar-refractivity contribution in [3.63, 3.8) is 0 Å². The van der Waals surface area contributed by atoms with Crippen LogP contribution >= 0.6 is 0 Å². The molecule has 8 nitrogen and oxygen atoms in total. The molecule has 1 aromatic heterocycles. The van der Waals surface area contributed by atoms with Crippen LogP contribution in [0.4, 0.5) is 0 Å². The van der Waals surface area contributed by atoms with Crippen LogP contribution in [0.3, 0.4) is 0 Å². The van der Waals surface area contributed by atoms with Crippen LogP contribution in [0.1, 0.15) is 49.7 Å². The molecule has 3 rings (SSSR count). The maximum atomic E-state index is 12.2. The van der Waals surface area contributed by atoms with Gasteiger partial charge in [0.25, 0.3) is 0 Å². The van der Waals surface area contributed by atoms with Gasteiger partial charge in [-0.25, -0.2) is 10.3 Å². The molecule has 0 radical (unpaired) electrons. The van der Waals surface area contributed by atoms with E-state index in [-0.39, 0.29) is 18.2 Å². The summed E-state index contributed by atoms with van der Waals surface area (Å²) in [4.78, 5) is 29.1. The van der Waals surface area contributed by atoms with Crippen LogP contribution in [0, 0.1) is 0 Å². The summed E-state index contributed by atoms with van der Waals surface area (Å²) in [5, 5.41) is 7.68. The molecule has 2 aromatic rings. The summed E-state index contributed by atoms with van der Waals surface area (Å²) in [7, 11) is 1.55. The fourth-order valence-corrected chi connectivity index (χ4v) is 2.66. The van der Waals surface area contributed by atoms with Crippen LogP contribution in [0.5, 0.6) is 0 Å². The van der Waals surface area contributed by atoms with Crippen LogP contribution in [0.25, 0.3) is 5.69 Å². The zero-order chi connectivity index (χ0) is 17.1. The number of nitrogens with zero attached hydrogens (tertiary/aromatic N) is 4. The van der Waals surface area contributed by atoms with Crippen molar-refractivity contribution in [2.45, 2.75) is 45.1 Å². The SMILES string of the molecule is CCCC(=O)NOCc1c(C2CC2)cccc1-n1nnn(C)c1=O. The Kier molecular flexibility index (Phi) is 4.75. The molecule has 1 amide bonds. The molecule has 8 heteroatoms. The Balaban J connectivity index is 1.89. The highest BCUT2D eigenvalue weighted by molar-refractivity contribution is 5.74. The molecule has 128 valence electrons. The van der Waals surface area contributed by atoms with Crippen LogP contribution < -0.4 is 11.2 Å². The standard InChI is InChI=1S/C16H21N5O3/c1-3-5-15(22)17-24-10-13-12(11-8-9-11)6-4-7-14(13)21-16(23)20(2)18-19-21/h4,6-7,11H,3,5,8-10H2,1-2H3,(H,17,22). The summed E-state index contributed by atoms with van der Waals surface area (Å²) < 4.78 is 2.44. The van der Waals surface area contributed by atoms with E-state index in [4.69, 9.17) is 4.84 Å². The van der Waals surface area contributed by atoms with E-state index < -0.39 is 0 Å². The molecule has 1 aliphatic rings. The number of aryl methyl sites for hydroxylation is 1. The average molecular weight is 331 g/mol. The van der Waals surface area contributed by atoms with Gasteiger partial charge in [-0.05, 0) is 47.2 Å². The van der Waals surface area contributed by atoms with Gasteiger partial charge in [-0.15, -0.1) is 0 Å². The fourth-order valence-electron chi connectivity index (χ4n) is 2.66. The van der Waals surface area contributed by atoms with E-state index in [0.29, 0.717) is 18.0 Å². The monoisotopic (exact) mass is 331 g/mol. The molecule has 0 saturated heterocycles. The third-order valence-electron chi connectivity index (χ3n) is 4.03. The molecule has 0 bridgehead atoms. The Hall–Kier alpha value is -2.48. The summed E-state index contributed by atoms with van der Waals surface area (Å²) in [6.07, 6.45) is 3.41. The number of carbonyl (C=O) groups excluding carboxylic acids is 1. The van der Waals surface area contributed by atoms with Crippen LogP contribution in [-0.4, -0.2) is 25.7 Å². The predicted molar refractivity (Wildman–Crippen MR) is 86.4 cm³/mol. The van der Waals surface area contributed by atoms with Gasteiger partial charge in [0.1, 0.15) is 6.61 Å². The number of aromatic nitrogens is 4. The summed E-state index contributed by atoms with van der Waals surface area (Å²) >= 11 is 0. The van der Waals surface area contributed by atoms with E-state index in [9.17, 15) is 9.59 Å². The van der Waals surface area contributed by atoms with Crippen molar-refractivity contribution in [1.29, 1.82) is 0 Å². The average Bonchev–Trinajstić information content (AvgIpc) is 3.35. The van der Waals surface area contributed by atoms with Crippen molar-refractivity contribution in [3.05, 3.63) is 39.8 Å². The lowest BCUT2D eigenvalue weighted by Crippen LogP contribution is -2.25. The maximum Gasteiger partial charge on any atom is 0.368 e. The summed E-state index contributed by atoms with van der Waals surface area (Å²) in [6.45, 7) is 2.11. The molecule has 1 N–H and O–H groups in total. The smallest absolute Gasteiger partial charge is 0.273 e. The van der Waals surface area contributed by atoms with E-state index in [0.717, 1.165) is 30.4 Å². The van der Waals surface area contributed by atoms with E-state index >= 15 is 0 Å². The highest BCUT2D eigenvalue weighted by atomic mass is 16.6. The first kappa shape index (κ1) is 16.4. The van der Waals surface area contributed by atoms with Crippen LogP contribution in [0.15, 0.2) is 23.0 Å². The molecule has 1 aromatic carbocycles. The number of carbonyl (C=O) groups is 1. The number of nitrogens with one attached hydrogen (secondary N) is 1. The second-order valence-corrected chi connectivity index (χ2v) is 5.98. The van der Waals surface area contributed by atoms with Crippen molar-refractivity contribution >= 4 is 5.91 Å². The van der Waals surface area contributed by atoms with E-state index in [2.05, 4.69) is 15.9 Å². The highest BCUT2D eigenvalue weighted by Crippen LogP contribution is 2.42. The summed E-state index contributed by atoms with van der Waals surface area (Å²) in [5.74, 6) is 0.321. The lowest BCUT2D eigenvalue weighted by molar-refractivity contribution is -0.134. The van der Waals surface area contributed by atoms with Gasteiger partial charge in [-0.2, -0.15) is 9.36 Å². The Morgan fingerprint density at radius 3 is 2.79 bits per heavy atom. The quantitative estimate of drug-likeness (QED) is 0.770. The van der Waals surface area contributed by atoms with Crippen LogP contribution in [0.2, 0.25) is 0 Å². The van der Waals surface area contributed by atoms with Gasteiger partial charge in [0.05, 0.1) is 5.69 Å². The first-order valence-corrected chi connectivity index (χ1v) is 8.13. The number of hydrogen-bond acceptors (Lipinski definition) is 5. The number of benzene rings is 1. The molecular formula is C16H21N5O3. The molecule has 0 spiro atoms. The molecule has 1 heterocycles. The lowest BCUT2D eigenvalue weighted by Gasteiger charge is -2.14. The minimum Gasteiger partial charge on any atom is -0.273 e. The third kappa shape index (κ3) is 3.38. The van der Waals surface area contributed by atoms with Gasteiger partial charge in [0.2, 0.25) is 5.91 Å². The Morgan fingerprint density at radius 2 is 2.17 bits per heavy atom. The van der Waals surface area contributed by atoms with Gasteiger partial charge in [-0.1, -0.05) is 19.1 Å². The second-order valence-electron chi connectivity index (χ2n) is 5.98. The molecule has 0 unspecified atom stereocenters. The first-order valence-electron chi connectivity index (χ1n) is 8.13. The lowest BCUT2D eigenvalue weighted by atomic mass is 10.0. The van der Waals surface area contributed by atoms with Crippen molar-refractivity contribution in [2.24, 2.45) is 7.05 Å². The highest BCUT2D eigenvalue weighted by Gasteiger charge is 2.28. The number of rotatable bonds is 7. The molecule has 24 heavy (non-hydrogen) atoms. The predicted octanol–water partition coefficient (Wildman–Crippen LogP) is 1.19. The second kappa shape index (κ2) is 6.96. The van der Waals surface area contributed by atoms with Crippen LogP contribution in [-0.2, 0) is 23.3 Å². The number of tetrazole rings is 1. The van der Waals surface area contributed by atoms with E-state index in [1.165, 1.54) is 9.36 Å². The van der Waals surface area contributed by atoms with Crippen molar-refractivity contribution in [3.8, 4) is 5.69 Å². The third-order valence-corrected chi connectivity index (χ3v) is 4.03. The van der Waals surface area contributed by atoms with Crippen molar-refractivity contribution < 1.29 is 9.63 Å². The van der Waals surface area contributed by atoms with Crippen molar-refractivity contribution in [2.75, 3.05) is 0 Å². The molecular weight excluding hydrogens is 310 g/mol. The molecule has 0 aliphatic heterocycles. The number of hydrogen-bond donors (Lipinski definition) is 1. The Morgan fingerprint density at radius 1 is 1.38 bits per heavy atom. The van der Waals surface area contributed by atoms with E-state index in [1.807, 2.05) is 25.1 Å². The summed E-state index contributed by atoms with van der Waals surface area (Å²) in [6, 6.07) is 5.76. The maximum absolute atomic E-state index is 12.2. The van der Waals surface area contributed by atoms with Gasteiger partial charge in [0.15, 0.2) is 0 Å². The largest absolute Gasteiger partial charge is 0.368 e. The van der Waals surface area contributed by atoms with Gasteiger partial charge in [-0.3, -0.25) is 9.63 Å². The first-order chi connectivity index (χ1) is 11.6. The molecule has 1 aliphatic carbocycles. The Labute approximate surface area is 139 Å². The zero-order valence-electron chi connectivity index (χ0n) is 13.9. The summed E-state index contributed by atoms with van der Waals surface area (Å²) in [5.41, 5.74) is 4.76. The minimum absolute atomic E-state index is 0.153. The molecule has 1 saturated carbocycles. The fraction of sp³-hybridized carbons (Fsp3) is 0.500. The molecule has 0 atom stereocenters. The number of hydroxylamine groups is 1. The zero-order valence-corrected chi connectivity index (χ0v) is 13.9. The number of amides is 1. The van der Waals surface area contributed by atoms with Gasteiger partial charge >= 0.3 is 5.69 Å². The normalized spacial score (nSPS) is 13.9. The Bertz CT molecular complexity index is 791. The minimum atomic E-state index is -0.320. The van der Waals surface area contributed by atoms with Crippen molar-refractivity contribution in [1.82, 2.24) is 25.3 Å². The van der Waals surface area contributed by atoms with E-state index in [1.54, 1.807) is 7.05 Å².